The highest BCUT2D eigenvalue weighted by Crippen LogP contribution is 2.22. The Labute approximate surface area is 108 Å². The van der Waals surface area contributed by atoms with Gasteiger partial charge in [-0.05, 0) is 11.8 Å². The van der Waals surface area contributed by atoms with Crippen molar-refractivity contribution < 1.29 is 37.4 Å². The Morgan fingerprint density at radius 1 is 0.700 bits per heavy atom. The number of hydrogen-bond donors (Lipinski definition) is 2. The third-order valence-electron chi connectivity index (χ3n) is 1.85. The van der Waals surface area contributed by atoms with Crippen LogP contribution in [0.25, 0.3) is 0 Å². The van der Waals surface area contributed by atoms with Crippen molar-refractivity contribution in [1.29, 1.82) is 0 Å². The minimum absolute atomic E-state index is 1.29. The van der Waals surface area contributed by atoms with Crippen LogP contribution in [0.15, 0.2) is 0 Å². The number of rotatable bonds is 0. The van der Waals surface area contributed by atoms with Crippen molar-refractivity contribution in [3.63, 3.8) is 0 Å². The molecule has 4 nitrogen and oxygen atoms in total. The molecule has 0 heterocycles. The highest BCUT2D eigenvalue weighted by molar-refractivity contribution is 5.87. The van der Waals surface area contributed by atoms with Gasteiger partial charge in [-0.1, -0.05) is 0 Å². The van der Waals surface area contributed by atoms with Gasteiger partial charge in [0.2, 0.25) is 0 Å². The lowest BCUT2D eigenvalue weighted by Gasteiger charge is -2.03. The number of aliphatic carboxylic acids is 2. The van der Waals surface area contributed by atoms with Crippen molar-refractivity contribution in [3.8, 4) is 23.7 Å². The molecule has 0 amide bonds. The fraction of sp³-hybridized carbons (Fsp3) is 0. The first-order valence-corrected chi connectivity index (χ1v) is 4.61. The van der Waals surface area contributed by atoms with Gasteiger partial charge in [-0.3, -0.25) is 0 Å². The number of carboxylic acids is 2. The van der Waals surface area contributed by atoms with Crippen molar-refractivity contribution in [2.75, 3.05) is 0 Å². The van der Waals surface area contributed by atoms with Crippen LogP contribution in [0.5, 0.6) is 0 Å². The van der Waals surface area contributed by atoms with Crippen LogP contribution >= 0.6 is 0 Å². The molecule has 0 atom stereocenters. The summed E-state index contributed by atoms with van der Waals surface area (Å²) in [5.74, 6) is -5.99. The van der Waals surface area contributed by atoms with Crippen molar-refractivity contribution in [2.45, 2.75) is 0 Å². The van der Waals surface area contributed by atoms with E-state index in [0.29, 0.717) is 0 Å². The zero-order valence-electron chi connectivity index (χ0n) is 9.22. The van der Waals surface area contributed by atoms with Gasteiger partial charge < -0.3 is 10.2 Å². The molecule has 2 N–H and O–H groups in total. The molecule has 1 rings (SSSR count). The first-order chi connectivity index (χ1) is 9.25. The van der Waals surface area contributed by atoms with E-state index < -0.39 is 46.3 Å². The first-order valence-electron chi connectivity index (χ1n) is 4.61. The topological polar surface area (TPSA) is 74.6 Å². The molecule has 0 bridgehead atoms. The van der Waals surface area contributed by atoms with Crippen LogP contribution in [0.4, 0.5) is 17.6 Å². The summed E-state index contributed by atoms with van der Waals surface area (Å²) in [5, 5.41) is 16.4. The van der Waals surface area contributed by atoms with Crippen LogP contribution in [0, 0.1) is 47.0 Å². The fourth-order valence-electron chi connectivity index (χ4n) is 1.08. The number of halogens is 4. The molecule has 0 aliphatic carbocycles. The lowest BCUT2D eigenvalue weighted by Crippen LogP contribution is -2.05. The maximum absolute atomic E-state index is 13.4. The summed E-state index contributed by atoms with van der Waals surface area (Å²) in [4.78, 5) is 20.2. The van der Waals surface area contributed by atoms with Crippen LogP contribution in [-0.4, -0.2) is 22.2 Å². The number of carbonyl (C=O) groups is 2. The molecule has 0 spiro atoms. The van der Waals surface area contributed by atoms with Gasteiger partial charge in [-0.15, -0.1) is 0 Å². The summed E-state index contributed by atoms with van der Waals surface area (Å²) in [5.41, 5.74) is -2.86. The molecular weight excluding hydrogens is 284 g/mol. The SMILES string of the molecule is O=C(O)C#Cc1c(F)c(F)c(C#CC(=O)O)c(F)c1F. The van der Waals surface area contributed by atoms with Crippen LogP contribution in [0.1, 0.15) is 11.1 Å². The molecule has 1 aromatic carbocycles. The second-order valence-corrected chi connectivity index (χ2v) is 3.12. The second-order valence-electron chi connectivity index (χ2n) is 3.12. The van der Waals surface area contributed by atoms with E-state index in [-0.39, 0.29) is 0 Å². The third-order valence-corrected chi connectivity index (χ3v) is 1.85. The van der Waals surface area contributed by atoms with E-state index in [2.05, 4.69) is 0 Å². The number of carboxylic acid groups (broad SMARTS) is 2. The summed E-state index contributed by atoms with van der Waals surface area (Å²) >= 11 is 0. The van der Waals surface area contributed by atoms with Crippen LogP contribution in [0.2, 0.25) is 0 Å². The average molecular weight is 286 g/mol. The zero-order chi connectivity index (χ0) is 15.4. The van der Waals surface area contributed by atoms with Crippen molar-refractivity contribution in [1.82, 2.24) is 0 Å². The van der Waals surface area contributed by atoms with E-state index in [0.717, 1.165) is 0 Å². The largest absolute Gasteiger partial charge is 0.472 e. The van der Waals surface area contributed by atoms with Gasteiger partial charge in [0, 0.05) is 11.8 Å². The lowest BCUT2D eigenvalue weighted by molar-refractivity contribution is -0.131. The van der Waals surface area contributed by atoms with E-state index >= 15 is 0 Å². The molecule has 0 fully saturated rings. The quantitative estimate of drug-likeness (QED) is 0.426. The van der Waals surface area contributed by atoms with E-state index in [1.807, 2.05) is 0 Å². The van der Waals surface area contributed by atoms with E-state index in [4.69, 9.17) is 10.2 Å². The van der Waals surface area contributed by atoms with Crippen LogP contribution in [-0.2, 0) is 9.59 Å². The summed E-state index contributed by atoms with van der Waals surface area (Å²) in [7, 11) is 0. The molecule has 102 valence electrons. The molecule has 0 aliphatic heterocycles. The summed E-state index contributed by atoms with van der Waals surface area (Å²) in [6.45, 7) is 0. The summed E-state index contributed by atoms with van der Waals surface area (Å²) in [6.07, 6.45) is 0. The van der Waals surface area contributed by atoms with Gasteiger partial charge in [0.1, 0.15) is 11.1 Å². The maximum atomic E-state index is 13.4. The van der Waals surface area contributed by atoms with Gasteiger partial charge in [0.05, 0.1) is 0 Å². The van der Waals surface area contributed by atoms with Crippen LogP contribution < -0.4 is 0 Å². The molecule has 20 heavy (non-hydrogen) atoms. The third kappa shape index (κ3) is 3.06. The van der Waals surface area contributed by atoms with E-state index in [1.165, 1.54) is 23.7 Å². The van der Waals surface area contributed by atoms with Gasteiger partial charge in [-0.2, -0.15) is 0 Å². The Bertz CT molecular complexity index is 640. The molecule has 0 saturated heterocycles. The molecule has 0 unspecified atom stereocenters. The Balaban J connectivity index is 3.60. The predicted octanol–water partition coefficient (Wildman–Crippen LogP) is 1.12. The standard InChI is InChI=1S/C12H2F4O4/c13-9-5(1-3-7(17)18)10(14)12(16)6(11(9)15)2-4-8(19)20/h(H,17,18)(H,19,20). The molecule has 8 heteroatoms. The lowest BCUT2D eigenvalue weighted by atomic mass is 10.1. The summed E-state index contributed by atoms with van der Waals surface area (Å²) < 4.78 is 53.5. The first kappa shape index (κ1) is 15.1. The molecule has 1 aromatic rings. The minimum atomic E-state index is -1.97. The van der Waals surface area contributed by atoms with Gasteiger partial charge in [0.15, 0.2) is 23.3 Å². The highest BCUT2D eigenvalue weighted by atomic mass is 19.2. The van der Waals surface area contributed by atoms with Crippen molar-refractivity contribution >= 4 is 11.9 Å². The van der Waals surface area contributed by atoms with Gasteiger partial charge in [-0.25, -0.2) is 27.2 Å². The summed E-state index contributed by atoms with van der Waals surface area (Å²) in [6, 6.07) is 0. The van der Waals surface area contributed by atoms with Crippen molar-refractivity contribution in [3.05, 3.63) is 34.4 Å². The fourth-order valence-corrected chi connectivity index (χ4v) is 1.08. The molecule has 0 aromatic heterocycles. The highest BCUT2D eigenvalue weighted by Gasteiger charge is 2.23. The Kier molecular flexibility index (Phi) is 4.34. The van der Waals surface area contributed by atoms with E-state index in [9.17, 15) is 27.2 Å². The molecular formula is C12H2F4O4. The molecule has 0 saturated carbocycles. The van der Waals surface area contributed by atoms with Gasteiger partial charge in [0.25, 0.3) is 0 Å². The Hall–Kier alpha value is -3.00. The van der Waals surface area contributed by atoms with E-state index in [1.54, 1.807) is 0 Å². The van der Waals surface area contributed by atoms with Crippen molar-refractivity contribution in [2.24, 2.45) is 0 Å². The number of hydrogen-bond acceptors (Lipinski definition) is 2. The Morgan fingerprint density at radius 2 is 0.950 bits per heavy atom. The van der Waals surface area contributed by atoms with Gasteiger partial charge >= 0.3 is 11.9 Å². The molecule has 0 radical (unpaired) electrons. The van der Waals surface area contributed by atoms with Crippen LogP contribution in [0.3, 0.4) is 0 Å². The molecule has 0 aliphatic rings. The average Bonchev–Trinajstić information content (AvgIpc) is 2.35. The predicted molar refractivity (Wildman–Crippen MR) is 55.3 cm³/mol. The normalized spacial score (nSPS) is 9.00. The number of benzene rings is 1. The second kappa shape index (κ2) is 5.76. The maximum Gasteiger partial charge on any atom is 0.382 e. The Morgan fingerprint density at radius 3 is 1.15 bits per heavy atom. The zero-order valence-corrected chi connectivity index (χ0v) is 9.22. The smallest absolute Gasteiger partial charge is 0.382 e. The monoisotopic (exact) mass is 286 g/mol. The minimum Gasteiger partial charge on any atom is -0.472 e.